The molecule has 0 heterocycles. The fraction of sp³-hybridized carbons (Fsp3) is 0.500. The van der Waals surface area contributed by atoms with Crippen molar-refractivity contribution in [3.63, 3.8) is 0 Å². The Balaban J connectivity index is 2.85. The highest BCUT2D eigenvalue weighted by atomic mass is 16.5. The molecule has 138 valence electrons. The van der Waals surface area contributed by atoms with Crippen LogP contribution in [0, 0.1) is 0 Å². The Hall–Kier alpha value is -2.14. The fourth-order valence-corrected chi connectivity index (χ4v) is 2.34. The number of carbonyl (C=O) groups excluding carboxylic acids is 1. The third-order valence-corrected chi connectivity index (χ3v) is 3.93. The molecule has 0 radical (unpaired) electrons. The number of carboxylic acid groups (broad SMARTS) is 1. The number of rotatable bonds is 9. The van der Waals surface area contributed by atoms with E-state index in [0.717, 1.165) is 11.1 Å². The zero-order valence-electron chi connectivity index (χ0n) is 15.5. The summed E-state index contributed by atoms with van der Waals surface area (Å²) in [5.41, 5.74) is 1.93. The Morgan fingerprint density at radius 1 is 1.28 bits per heavy atom. The van der Waals surface area contributed by atoms with Crippen LogP contribution in [0.2, 0.25) is 0 Å². The van der Waals surface area contributed by atoms with Gasteiger partial charge in [0, 0.05) is 0 Å². The lowest BCUT2D eigenvalue weighted by Crippen LogP contribution is -2.38. The summed E-state index contributed by atoms with van der Waals surface area (Å²) in [6, 6.07) is 7.10. The molecule has 1 aromatic rings. The predicted octanol–water partition coefficient (Wildman–Crippen LogP) is 3.60. The van der Waals surface area contributed by atoms with Crippen LogP contribution in [0.1, 0.15) is 57.7 Å². The van der Waals surface area contributed by atoms with Crippen LogP contribution in [0.25, 0.3) is 0 Å². The van der Waals surface area contributed by atoms with Gasteiger partial charge in [0.2, 0.25) is 5.91 Å². The molecule has 1 rings (SSSR count). The van der Waals surface area contributed by atoms with Crippen LogP contribution in [0.4, 0.5) is 0 Å². The van der Waals surface area contributed by atoms with Crippen LogP contribution in [0.5, 0.6) is 0 Å². The summed E-state index contributed by atoms with van der Waals surface area (Å²) in [7, 11) is 0. The van der Waals surface area contributed by atoms with Crippen molar-refractivity contribution >= 4 is 11.9 Å². The van der Waals surface area contributed by atoms with Crippen molar-refractivity contribution < 1.29 is 19.4 Å². The lowest BCUT2D eigenvalue weighted by atomic mass is 9.86. The number of hydrogen-bond acceptors (Lipinski definition) is 3. The maximum Gasteiger partial charge on any atom is 0.305 e. The van der Waals surface area contributed by atoms with E-state index in [1.54, 1.807) is 13.0 Å². The van der Waals surface area contributed by atoms with Gasteiger partial charge in [-0.2, -0.15) is 0 Å². The first-order valence-corrected chi connectivity index (χ1v) is 8.50. The summed E-state index contributed by atoms with van der Waals surface area (Å²) in [5.74, 6) is -1.29. The highest BCUT2D eigenvalue weighted by Gasteiger charge is 2.22. The molecule has 0 spiro atoms. The van der Waals surface area contributed by atoms with Gasteiger partial charge < -0.3 is 15.2 Å². The molecule has 0 bridgehead atoms. The molecule has 5 heteroatoms. The first-order valence-electron chi connectivity index (χ1n) is 8.50. The van der Waals surface area contributed by atoms with Gasteiger partial charge in [0.1, 0.15) is 6.10 Å². The first-order chi connectivity index (χ1) is 11.6. The smallest absolute Gasteiger partial charge is 0.305 e. The van der Waals surface area contributed by atoms with E-state index in [4.69, 9.17) is 9.84 Å². The third-order valence-electron chi connectivity index (χ3n) is 3.93. The quantitative estimate of drug-likeness (QED) is 0.529. The number of carboxylic acids is 1. The van der Waals surface area contributed by atoms with Crippen LogP contribution in [-0.2, 0) is 19.7 Å². The second kappa shape index (κ2) is 9.37. The largest absolute Gasteiger partial charge is 0.481 e. The number of carbonyl (C=O) groups is 2. The van der Waals surface area contributed by atoms with Crippen LogP contribution in [0.15, 0.2) is 36.9 Å². The maximum absolute atomic E-state index is 12.3. The maximum atomic E-state index is 12.3. The second-order valence-electron chi connectivity index (χ2n) is 7.12. The number of nitrogens with one attached hydrogen (secondary N) is 1. The van der Waals surface area contributed by atoms with Gasteiger partial charge in [-0.25, -0.2) is 0 Å². The minimum Gasteiger partial charge on any atom is -0.481 e. The zero-order chi connectivity index (χ0) is 19.0. The van der Waals surface area contributed by atoms with Gasteiger partial charge in [-0.1, -0.05) is 51.1 Å². The summed E-state index contributed by atoms with van der Waals surface area (Å²) < 4.78 is 5.42. The van der Waals surface area contributed by atoms with Crippen molar-refractivity contribution in [3.8, 4) is 0 Å². The fourth-order valence-electron chi connectivity index (χ4n) is 2.34. The molecule has 2 unspecified atom stereocenters. The van der Waals surface area contributed by atoms with E-state index in [-0.39, 0.29) is 17.7 Å². The summed E-state index contributed by atoms with van der Waals surface area (Å²) in [6.07, 6.45) is 1.55. The Labute approximate surface area is 150 Å². The molecular formula is C20H29NO4. The number of benzene rings is 1. The summed E-state index contributed by atoms with van der Waals surface area (Å²) in [6.45, 7) is 12.0. The average Bonchev–Trinajstić information content (AvgIpc) is 2.53. The highest BCUT2D eigenvalue weighted by molar-refractivity contribution is 5.81. The molecule has 2 N–H and O–H groups in total. The Morgan fingerprint density at radius 3 is 2.36 bits per heavy atom. The molecule has 0 aromatic heterocycles. The number of aliphatic carboxylic acids is 1. The van der Waals surface area contributed by atoms with Crippen LogP contribution in [-0.4, -0.2) is 29.7 Å². The molecule has 0 aliphatic heterocycles. The molecule has 0 fully saturated rings. The van der Waals surface area contributed by atoms with Crippen LogP contribution in [0.3, 0.4) is 0 Å². The lowest BCUT2D eigenvalue weighted by molar-refractivity contribution is -0.138. The van der Waals surface area contributed by atoms with Gasteiger partial charge in [0.25, 0.3) is 0 Å². The highest BCUT2D eigenvalue weighted by Crippen LogP contribution is 2.25. The van der Waals surface area contributed by atoms with Crippen LogP contribution < -0.4 is 5.32 Å². The summed E-state index contributed by atoms with van der Waals surface area (Å²) in [5, 5.41) is 11.9. The van der Waals surface area contributed by atoms with E-state index in [2.05, 4.69) is 32.7 Å². The van der Waals surface area contributed by atoms with Crippen LogP contribution >= 0.6 is 0 Å². The molecular weight excluding hydrogens is 318 g/mol. The molecule has 5 nitrogen and oxygen atoms in total. The first kappa shape index (κ1) is 20.9. The predicted molar refractivity (Wildman–Crippen MR) is 98.5 cm³/mol. The van der Waals surface area contributed by atoms with Crippen molar-refractivity contribution in [3.05, 3.63) is 48.0 Å². The van der Waals surface area contributed by atoms with Crippen molar-refractivity contribution in [2.24, 2.45) is 0 Å². The Kier molecular flexibility index (Phi) is 7.84. The minimum absolute atomic E-state index is 0.0115. The molecule has 25 heavy (non-hydrogen) atoms. The number of hydrogen-bond donors (Lipinski definition) is 2. The second-order valence-corrected chi connectivity index (χ2v) is 7.12. The SMILES string of the molecule is C=CCCOC(C)C(=O)NC(CC(=O)O)c1ccc(C(C)(C)C)cc1. The van der Waals surface area contributed by atoms with Gasteiger partial charge >= 0.3 is 5.97 Å². The molecule has 0 aliphatic carbocycles. The molecule has 0 saturated carbocycles. The van der Waals surface area contributed by atoms with E-state index in [1.165, 1.54) is 0 Å². The molecule has 0 aliphatic rings. The zero-order valence-corrected chi connectivity index (χ0v) is 15.5. The van der Waals surface area contributed by atoms with Crippen molar-refractivity contribution in [1.82, 2.24) is 5.32 Å². The topological polar surface area (TPSA) is 75.6 Å². The minimum atomic E-state index is -0.967. The van der Waals surface area contributed by atoms with E-state index in [9.17, 15) is 9.59 Å². The average molecular weight is 347 g/mol. The normalized spacial score (nSPS) is 13.8. The van der Waals surface area contributed by atoms with Gasteiger partial charge in [-0.05, 0) is 29.9 Å². The van der Waals surface area contributed by atoms with Crippen molar-refractivity contribution in [2.45, 2.75) is 58.1 Å². The van der Waals surface area contributed by atoms with Gasteiger partial charge in [-0.15, -0.1) is 6.58 Å². The third kappa shape index (κ3) is 7.10. The van der Waals surface area contributed by atoms with E-state index in [1.807, 2.05) is 24.3 Å². The monoisotopic (exact) mass is 347 g/mol. The van der Waals surface area contributed by atoms with Gasteiger partial charge in [0.05, 0.1) is 19.1 Å². The molecule has 0 saturated heterocycles. The van der Waals surface area contributed by atoms with Crippen molar-refractivity contribution in [1.29, 1.82) is 0 Å². The molecule has 1 amide bonds. The van der Waals surface area contributed by atoms with E-state index < -0.39 is 18.1 Å². The summed E-state index contributed by atoms with van der Waals surface area (Å²) in [4.78, 5) is 23.5. The number of ether oxygens (including phenoxy) is 1. The summed E-state index contributed by atoms with van der Waals surface area (Å²) >= 11 is 0. The Bertz CT molecular complexity index is 587. The molecule has 2 atom stereocenters. The molecule has 1 aromatic carbocycles. The van der Waals surface area contributed by atoms with E-state index >= 15 is 0 Å². The van der Waals surface area contributed by atoms with Crippen molar-refractivity contribution in [2.75, 3.05) is 6.61 Å². The Morgan fingerprint density at radius 2 is 1.88 bits per heavy atom. The van der Waals surface area contributed by atoms with Gasteiger partial charge in [-0.3, -0.25) is 9.59 Å². The lowest BCUT2D eigenvalue weighted by Gasteiger charge is -2.23. The van der Waals surface area contributed by atoms with Gasteiger partial charge in [0.15, 0.2) is 0 Å². The standard InChI is InChI=1S/C20H29NO4/c1-6-7-12-25-14(2)19(24)21-17(13-18(22)23)15-8-10-16(11-9-15)20(3,4)5/h6,8-11,14,17H,1,7,12-13H2,2-5H3,(H,21,24)(H,22,23). The van der Waals surface area contributed by atoms with E-state index in [0.29, 0.717) is 13.0 Å². The number of amides is 1.